The molecule has 444 valence electrons. The second-order valence-corrected chi connectivity index (χ2v) is 20.9. The summed E-state index contributed by atoms with van der Waals surface area (Å²) in [7, 11) is 0. The third-order valence-electron chi connectivity index (χ3n) is 13.8. The van der Waals surface area contributed by atoms with Crippen LogP contribution in [0.4, 0.5) is 0 Å². The van der Waals surface area contributed by atoms with Gasteiger partial charge in [0, 0.05) is 25.4 Å². The Kier molecular flexibility index (Phi) is 29.3. The molecule has 27 heteroatoms. The largest absolute Gasteiger partial charge is 0.391 e. The van der Waals surface area contributed by atoms with Crippen LogP contribution >= 0.6 is 0 Å². The van der Waals surface area contributed by atoms with Gasteiger partial charge >= 0.3 is 0 Å². The molecule has 0 radical (unpaired) electrons. The minimum absolute atomic E-state index is 0.0591. The maximum absolute atomic E-state index is 14.5. The maximum atomic E-state index is 14.5. The lowest BCUT2D eigenvalue weighted by molar-refractivity contribution is -0.136. The van der Waals surface area contributed by atoms with Crippen molar-refractivity contribution in [1.29, 1.82) is 0 Å². The molecule has 0 spiro atoms. The number of hydrogen-bond acceptors (Lipinski definition) is 17. The molecular weight excluding hydrogens is 1030 g/mol. The van der Waals surface area contributed by atoms with E-state index in [1.54, 1.807) is 44.2 Å². The van der Waals surface area contributed by atoms with Crippen molar-refractivity contribution < 1.29 is 58.2 Å². The number of aliphatic hydroxyl groups excluding tert-OH is 2. The van der Waals surface area contributed by atoms with Crippen LogP contribution in [-0.2, 0) is 54.4 Å². The zero-order valence-corrected chi connectivity index (χ0v) is 46.1. The molecule has 1 aliphatic heterocycles. The summed E-state index contributed by atoms with van der Waals surface area (Å²) >= 11 is 0. The normalized spacial score (nSPS) is 24.8. The number of carbonyl (C=O) groups excluding carboxylic acids is 10. The Balaban J connectivity index is 2.08. The molecule has 79 heavy (non-hydrogen) atoms. The van der Waals surface area contributed by atoms with E-state index in [0.717, 1.165) is 32.1 Å². The van der Waals surface area contributed by atoms with E-state index in [4.69, 9.17) is 28.7 Å². The molecule has 2 fully saturated rings. The first kappa shape index (κ1) is 66.9. The number of nitrogens with one attached hydrogen (secondary N) is 10. The minimum Gasteiger partial charge on any atom is -0.391 e. The number of nitrogens with two attached hydrogens (primary N) is 5. The summed E-state index contributed by atoms with van der Waals surface area (Å²) in [4.78, 5) is 140. The molecule has 1 saturated carbocycles. The van der Waals surface area contributed by atoms with E-state index in [1.807, 2.05) is 0 Å². The molecule has 1 aromatic rings. The van der Waals surface area contributed by atoms with Crippen molar-refractivity contribution in [3.63, 3.8) is 0 Å². The van der Waals surface area contributed by atoms with Crippen LogP contribution in [-0.4, -0.2) is 175 Å². The molecule has 22 N–H and O–H groups in total. The van der Waals surface area contributed by atoms with E-state index in [-0.39, 0.29) is 83.0 Å². The standard InChI is InChI=1S/C52H89N15O12/c1-28(2)25-39-49(76)61-34(15-20-53)44(71)60-37(18-23-56)48(75)67-42(29(3)68)51(78)58-24-19-38(47(74)59-35(16-21-54)46(73)65-40(50(77)64-39)26-31-11-7-5-8-12-31)62-45(72)36(17-22-55)63-52(79)43(30(4)69)66-41(70)27-33(57)32-13-9-6-10-14-32/h5,7-8,11-12,28-30,32-40,42-43,68-69H,6,9-10,13-27,53-57H2,1-4H3,(H,58,78)(H,59,74)(H,60,71)(H,61,76)(H,62,72)(H,63,79)(H,64,77)(H,65,73)(H,66,70)(H,67,75)/t29?,30?,33?,34-,35-,36-,37-,38-,39-,40+,42?,43-/m0/s1. The Morgan fingerprint density at radius 1 is 0.608 bits per heavy atom. The number of carbonyl (C=O) groups is 10. The van der Waals surface area contributed by atoms with Gasteiger partial charge in [0.15, 0.2) is 0 Å². The van der Waals surface area contributed by atoms with Gasteiger partial charge in [-0.3, -0.25) is 47.9 Å². The van der Waals surface area contributed by atoms with Crippen LogP contribution in [0.1, 0.15) is 110 Å². The van der Waals surface area contributed by atoms with Gasteiger partial charge < -0.3 is 92.0 Å². The third-order valence-corrected chi connectivity index (χ3v) is 13.8. The molecule has 3 rings (SSSR count). The Morgan fingerprint density at radius 2 is 1.11 bits per heavy atom. The fraction of sp³-hybridized carbons (Fsp3) is 0.692. The highest BCUT2D eigenvalue weighted by Crippen LogP contribution is 2.27. The van der Waals surface area contributed by atoms with Gasteiger partial charge in [-0.15, -0.1) is 0 Å². The molecule has 1 aromatic carbocycles. The van der Waals surface area contributed by atoms with Gasteiger partial charge in [0.1, 0.15) is 54.4 Å². The quantitative estimate of drug-likeness (QED) is 0.0515. The summed E-state index contributed by atoms with van der Waals surface area (Å²) in [6.07, 6.45) is 0.508. The first-order valence-corrected chi connectivity index (χ1v) is 27.5. The predicted octanol–water partition coefficient (Wildman–Crippen LogP) is -5.39. The van der Waals surface area contributed by atoms with Gasteiger partial charge in [0.05, 0.1) is 12.2 Å². The van der Waals surface area contributed by atoms with E-state index >= 15 is 0 Å². The maximum Gasteiger partial charge on any atom is 0.245 e. The Labute approximate surface area is 462 Å². The van der Waals surface area contributed by atoms with Gasteiger partial charge in [-0.1, -0.05) is 63.4 Å². The molecule has 1 saturated heterocycles. The fourth-order valence-electron chi connectivity index (χ4n) is 9.36. The van der Waals surface area contributed by atoms with Crippen molar-refractivity contribution >= 4 is 59.1 Å². The number of rotatable bonds is 22. The van der Waals surface area contributed by atoms with E-state index in [9.17, 15) is 58.2 Å². The van der Waals surface area contributed by atoms with Crippen molar-refractivity contribution in [2.45, 2.75) is 184 Å². The highest BCUT2D eigenvalue weighted by Gasteiger charge is 2.37. The molecule has 0 bridgehead atoms. The lowest BCUT2D eigenvalue weighted by atomic mass is 9.83. The summed E-state index contributed by atoms with van der Waals surface area (Å²) < 4.78 is 0. The van der Waals surface area contributed by atoms with Gasteiger partial charge in [-0.2, -0.15) is 0 Å². The Bertz CT molecular complexity index is 2170. The second-order valence-electron chi connectivity index (χ2n) is 20.9. The number of aliphatic hydroxyl groups is 2. The summed E-state index contributed by atoms with van der Waals surface area (Å²) in [5.41, 5.74) is 30.5. The van der Waals surface area contributed by atoms with Crippen LogP contribution in [0.3, 0.4) is 0 Å². The SMILES string of the molecule is CC(C)C[C@@H]1NC(=O)[C@@H](Cc2ccccc2)NC(=O)[C@H](CCN)NC(=O)[C@@H](NC(=O)[C@H](CCN)NC(=O)[C@@H](NC(=O)CC(N)C2CCCCC2)C(C)O)CCNC(=O)C(C(C)O)NC(=O)[C@H](CCN)NC(=O)[C@H](CCN)NC1=O. The van der Waals surface area contributed by atoms with Crippen LogP contribution in [0.2, 0.25) is 0 Å². The summed E-state index contributed by atoms with van der Waals surface area (Å²) in [6.45, 7) is 5.05. The first-order valence-electron chi connectivity index (χ1n) is 27.5. The highest BCUT2D eigenvalue weighted by molar-refractivity contribution is 5.99. The van der Waals surface area contributed by atoms with E-state index in [2.05, 4.69) is 53.2 Å². The number of amides is 10. The molecule has 0 aromatic heterocycles. The lowest BCUT2D eigenvalue weighted by Gasteiger charge is -2.29. The molecule has 2 aliphatic rings. The molecule has 1 heterocycles. The van der Waals surface area contributed by atoms with Crippen molar-refractivity contribution in [3.05, 3.63) is 35.9 Å². The van der Waals surface area contributed by atoms with Gasteiger partial charge in [-0.05, 0) is 109 Å². The molecular formula is C52H89N15O12. The topological polar surface area (TPSA) is 462 Å². The molecule has 12 atom stereocenters. The van der Waals surface area contributed by atoms with Gasteiger partial charge in [0.2, 0.25) is 59.1 Å². The van der Waals surface area contributed by atoms with Crippen LogP contribution in [0, 0.1) is 11.8 Å². The van der Waals surface area contributed by atoms with Crippen molar-refractivity contribution in [2.75, 3.05) is 32.7 Å². The Hall–Kier alpha value is -6.36. The van der Waals surface area contributed by atoms with Crippen LogP contribution in [0.25, 0.3) is 0 Å². The monoisotopic (exact) mass is 1120 g/mol. The summed E-state index contributed by atoms with van der Waals surface area (Å²) in [5.74, 6) is -8.86. The van der Waals surface area contributed by atoms with Gasteiger partial charge in [0.25, 0.3) is 0 Å². The number of hydrogen-bond donors (Lipinski definition) is 17. The van der Waals surface area contributed by atoms with E-state index < -0.39 is 145 Å². The average Bonchev–Trinajstić information content (AvgIpc) is 3.40. The zero-order valence-electron chi connectivity index (χ0n) is 46.1. The van der Waals surface area contributed by atoms with Crippen molar-refractivity contribution in [1.82, 2.24) is 53.2 Å². The highest BCUT2D eigenvalue weighted by atomic mass is 16.3. The fourth-order valence-corrected chi connectivity index (χ4v) is 9.36. The first-order chi connectivity index (χ1) is 37.5. The summed E-state index contributed by atoms with van der Waals surface area (Å²) in [6, 6.07) is -5.07. The smallest absolute Gasteiger partial charge is 0.245 e. The summed E-state index contributed by atoms with van der Waals surface area (Å²) in [5, 5.41) is 47.1. The average molecular weight is 1120 g/mol. The van der Waals surface area contributed by atoms with E-state index in [1.165, 1.54) is 13.8 Å². The molecule has 27 nitrogen and oxygen atoms in total. The lowest BCUT2D eigenvalue weighted by Crippen LogP contribution is -2.61. The van der Waals surface area contributed by atoms with Crippen LogP contribution < -0.4 is 81.8 Å². The Morgan fingerprint density at radius 3 is 1.63 bits per heavy atom. The second kappa shape index (κ2) is 34.6. The third kappa shape index (κ3) is 22.7. The zero-order chi connectivity index (χ0) is 58.8. The predicted molar refractivity (Wildman–Crippen MR) is 292 cm³/mol. The molecule has 4 unspecified atom stereocenters. The van der Waals surface area contributed by atoms with E-state index in [0.29, 0.717) is 5.56 Å². The minimum atomic E-state index is -1.66. The van der Waals surface area contributed by atoms with Crippen molar-refractivity contribution in [2.24, 2.45) is 40.5 Å². The van der Waals surface area contributed by atoms with Crippen LogP contribution in [0.5, 0.6) is 0 Å². The molecule has 10 amide bonds. The van der Waals surface area contributed by atoms with Gasteiger partial charge in [-0.25, -0.2) is 0 Å². The van der Waals surface area contributed by atoms with Crippen LogP contribution in [0.15, 0.2) is 30.3 Å². The number of benzene rings is 1. The van der Waals surface area contributed by atoms with Crippen molar-refractivity contribution in [3.8, 4) is 0 Å². The molecule has 1 aliphatic carbocycles.